The Balaban J connectivity index is 2.33. The van der Waals surface area contributed by atoms with Crippen LogP contribution in [0.4, 0.5) is 5.82 Å². The first-order valence-electron chi connectivity index (χ1n) is 6.87. The maximum atomic E-state index is 11.4. The molecule has 1 aromatic carbocycles. The van der Waals surface area contributed by atoms with Gasteiger partial charge < -0.3 is 10.4 Å². The molecule has 1 unspecified atom stereocenters. The minimum Gasteiger partial charge on any atom is -0.480 e. The zero-order chi connectivity index (χ0) is 15.2. The maximum absolute atomic E-state index is 11.4. The molecule has 0 saturated heterocycles. The van der Waals surface area contributed by atoms with Crippen LogP contribution in [0.1, 0.15) is 18.9 Å². The summed E-state index contributed by atoms with van der Waals surface area (Å²) in [4.78, 5) is 19.8. The highest BCUT2D eigenvalue weighted by Gasteiger charge is 2.18. The van der Waals surface area contributed by atoms with Crippen molar-refractivity contribution >= 4 is 34.5 Å². The molecule has 0 aliphatic carbocycles. The molecule has 2 N–H and O–H groups in total. The predicted octanol–water partition coefficient (Wildman–Crippen LogP) is 2.81. The third-order valence-electron chi connectivity index (χ3n) is 3.33. The lowest BCUT2D eigenvalue weighted by molar-refractivity contribution is -0.137. The topological polar surface area (TPSA) is 75.1 Å². The normalized spacial score (nSPS) is 12.3. The summed E-state index contributed by atoms with van der Waals surface area (Å²) >= 11 is 1.63. The number of aliphatic carboxylic acids is 1. The van der Waals surface area contributed by atoms with Gasteiger partial charge in [-0.3, -0.25) is 0 Å². The third-order valence-corrected chi connectivity index (χ3v) is 3.97. The van der Waals surface area contributed by atoms with E-state index in [9.17, 15) is 9.90 Å². The molecule has 1 aromatic heterocycles. The molecule has 112 valence electrons. The molecule has 0 saturated carbocycles. The first-order valence-corrected chi connectivity index (χ1v) is 8.27. The van der Waals surface area contributed by atoms with Crippen molar-refractivity contribution in [1.29, 1.82) is 0 Å². The fourth-order valence-electron chi connectivity index (χ4n) is 2.10. The highest BCUT2D eigenvalue weighted by Crippen LogP contribution is 2.22. The Hall–Kier alpha value is -1.82. The highest BCUT2D eigenvalue weighted by molar-refractivity contribution is 7.98. The summed E-state index contributed by atoms with van der Waals surface area (Å²) in [7, 11) is 0. The van der Waals surface area contributed by atoms with Gasteiger partial charge in [0.2, 0.25) is 0 Å². The number of hydrogen-bond acceptors (Lipinski definition) is 5. The molecule has 21 heavy (non-hydrogen) atoms. The minimum atomic E-state index is -0.859. The van der Waals surface area contributed by atoms with Gasteiger partial charge in [0.1, 0.15) is 18.2 Å². The van der Waals surface area contributed by atoms with Crippen LogP contribution in [-0.4, -0.2) is 39.1 Å². The summed E-state index contributed by atoms with van der Waals surface area (Å²) < 4.78 is 0. The Morgan fingerprint density at radius 2 is 2.24 bits per heavy atom. The van der Waals surface area contributed by atoms with Gasteiger partial charge in [0.05, 0.1) is 5.52 Å². The standard InChI is InChI=1S/C15H19N3O2S/c1-3-10-4-5-12-11(8-10)14(17-9-16-12)18-13(15(19)20)6-7-21-2/h4-5,8-9,13H,3,6-7H2,1-2H3,(H,19,20)(H,16,17,18). The zero-order valence-corrected chi connectivity index (χ0v) is 13.0. The molecule has 0 aliphatic rings. The quantitative estimate of drug-likeness (QED) is 0.819. The van der Waals surface area contributed by atoms with Gasteiger partial charge in [-0.1, -0.05) is 13.0 Å². The van der Waals surface area contributed by atoms with E-state index >= 15 is 0 Å². The van der Waals surface area contributed by atoms with Crippen LogP contribution in [0, 0.1) is 0 Å². The lowest BCUT2D eigenvalue weighted by Gasteiger charge is -2.16. The number of fused-ring (bicyclic) bond motifs is 1. The molecule has 5 nitrogen and oxygen atoms in total. The minimum absolute atomic E-state index is 0.551. The smallest absolute Gasteiger partial charge is 0.326 e. The molecular weight excluding hydrogens is 286 g/mol. The van der Waals surface area contributed by atoms with Gasteiger partial charge in [-0.2, -0.15) is 11.8 Å². The zero-order valence-electron chi connectivity index (χ0n) is 12.2. The maximum Gasteiger partial charge on any atom is 0.326 e. The average Bonchev–Trinajstić information content (AvgIpc) is 2.50. The second kappa shape index (κ2) is 7.26. The summed E-state index contributed by atoms with van der Waals surface area (Å²) in [6.45, 7) is 2.08. The molecular formula is C15H19N3O2S. The molecule has 6 heteroatoms. The van der Waals surface area contributed by atoms with Crippen molar-refractivity contribution in [2.45, 2.75) is 25.8 Å². The number of nitrogens with zero attached hydrogens (tertiary/aromatic N) is 2. The van der Waals surface area contributed by atoms with Crippen LogP contribution >= 0.6 is 11.8 Å². The van der Waals surface area contributed by atoms with Crippen molar-refractivity contribution in [1.82, 2.24) is 9.97 Å². The van der Waals surface area contributed by atoms with E-state index in [1.807, 2.05) is 24.5 Å². The lowest BCUT2D eigenvalue weighted by Crippen LogP contribution is -2.30. The fraction of sp³-hybridized carbons (Fsp3) is 0.400. The van der Waals surface area contributed by atoms with Crippen LogP contribution in [0.3, 0.4) is 0 Å². The van der Waals surface area contributed by atoms with Gasteiger partial charge in [-0.15, -0.1) is 0 Å². The number of thioether (sulfide) groups is 1. The Morgan fingerprint density at radius 1 is 1.43 bits per heavy atom. The second-order valence-corrected chi connectivity index (χ2v) is 5.73. The van der Waals surface area contributed by atoms with Crippen molar-refractivity contribution < 1.29 is 9.90 Å². The molecule has 0 bridgehead atoms. The van der Waals surface area contributed by atoms with Crippen molar-refractivity contribution in [3.63, 3.8) is 0 Å². The van der Waals surface area contributed by atoms with Crippen LogP contribution in [0.5, 0.6) is 0 Å². The first-order chi connectivity index (χ1) is 10.2. The third kappa shape index (κ3) is 3.85. The van der Waals surface area contributed by atoms with E-state index in [1.54, 1.807) is 11.8 Å². The van der Waals surface area contributed by atoms with Gasteiger partial charge in [0, 0.05) is 5.39 Å². The van der Waals surface area contributed by atoms with E-state index in [0.717, 1.165) is 23.1 Å². The number of anilines is 1. The number of aromatic nitrogens is 2. The van der Waals surface area contributed by atoms with Gasteiger partial charge in [-0.25, -0.2) is 14.8 Å². The summed E-state index contributed by atoms with van der Waals surface area (Å²) in [5, 5.41) is 13.2. The van der Waals surface area contributed by atoms with Crippen LogP contribution in [0.15, 0.2) is 24.5 Å². The van der Waals surface area contributed by atoms with Gasteiger partial charge in [0.15, 0.2) is 0 Å². The number of benzene rings is 1. The molecule has 1 atom stereocenters. The average molecular weight is 305 g/mol. The molecule has 0 fully saturated rings. The highest BCUT2D eigenvalue weighted by atomic mass is 32.2. The van der Waals surface area contributed by atoms with Crippen molar-refractivity contribution in [2.75, 3.05) is 17.3 Å². The second-order valence-electron chi connectivity index (χ2n) is 4.74. The van der Waals surface area contributed by atoms with E-state index in [1.165, 1.54) is 11.9 Å². The van der Waals surface area contributed by atoms with Crippen LogP contribution < -0.4 is 5.32 Å². The van der Waals surface area contributed by atoms with Crippen molar-refractivity contribution in [2.24, 2.45) is 0 Å². The molecule has 2 aromatic rings. The summed E-state index contributed by atoms with van der Waals surface area (Å²) in [6, 6.07) is 5.35. The van der Waals surface area contributed by atoms with E-state index in [2.05, 4.69) is 22.2 Å². The monoisotopic (exact) mass is 305 g/mol. The Bertz CT molecular complexity index is 633. The summed E-state index contributed by atoms with van der Waals surface area (Å²) in [5.74, 6) is 0.513. The Labute approximate surface area is 128 Å². The first kappa shape index (κ1) is 15.6. The molecule has 1 heterocycles. The molecule has 2 rings (SSSR count). The number of rotatable bonds is 7. The van der Waals surface area contributed by atoms with Gasteiger partial charge >= 0.3 is 5.97 Å². The fourth-order valence-corrected chi connectivity index (χ4v) is 2.57. The number of hydrogen-bond donors (Lipinski definition) is 2. The molecule has 0 amide bonds. The number of carboxylic acids is 1. The van der Waals surface area contributed by atoms with Gasteiger partial charge in [-0.05, 0) is 42.5 Å². The molecule has 0 radical (unpaired) electrons. The predicted molar refractivity (Wildman–Crippen MR) is 87.0 cm³/mol. The number of nitrogens with one attached hydrogen (secondary N) is 1. The largest absolute Gasteiger partial charge is 0.480 e. The van der Waals surface area contributed by atoms with Crippen LogP contribution in [0.2, 0.25) is 0 Å². The molecule has 0 spiro atoms. The SMILES string of the molecule is CCc1ccc2ncnc(NC(CCSC)C(=O)O)c2c1. The summed E-state index contributed by atoms with van der Waals surface area (Å²) in [6.07, 6.45) is 4.89. The van der Waals surface area contributed by atoms with E-state index < -0.39 is 12.0 Å². The van der Waals surface area contributed by atoms with Crippen LogP contribution in [-0.2, 0) is 11.2 Å². The Kier molecular flexibility index (Phi) is 5.38. The molecule has 0 aliphatic heterocycles. The van der Waals surface area contributed by atoms with Crippen molar-refractivity contribution in [3.8, 4) is 0 Å². The summed E-state index contributed by atoms with van der Waals surface area (Å²) in [5.41, 5.74) is 2.00. The number of aryl methyl sites for hydroxylation is 1. The van der Waals surface area contributed by atoms with E-state index in [0.29, 0.717) is 12.2 Å². The number of carboxylic acid groups (broad SMARTS) is 1. The lowest BCUT2D eigenvalue weighted by atomic mass is 10.1. The van der Waals surface area contributed by atoms with E-state index in [4.69, 9.17) is 0 Å². The number of carbonyl (C=O) groups is 1. The van der Waals surface area contributed by atoms with Crippen LogP contribution in [0.25, 0.3) is 10.9 Å². The van der Waals surface area contributed by atoms with E-state index in [-0.39, 0.29) is 0 Å². The van der Waals surface area contributed by atoms with Gasteiger partial charge in [0.25, 0.3) is 0 Å². The van der Waals surface area contributed by atoms with Crippen molar-refractivity contribution in [3.05, 3.63) is 30.1 Å². The Morgan fingerprint density at radius 3 is 2.90 bits per heavy atom.